The number of benzene rings is 2. The van der Waals surface area contributed by atoms with E-state index in [1.807, 2.05) is 83.1 Å². The molecule has 0 saturated carbocycles. The lowest BCUT2D eigenvalue weighted by molar-refractivity contribution is -0.177. The molecular weight excluding hydrogens is 1020 g/mol. The number of esters is 1. The molecule has 2 saturated heterocycles. The quantitative estimate of drug-likeness (QED) is 0.188. The number of nitrogens with zero attached hydrogens (tertiary/aromatic N) is 5. The van der Waals surface area contributed by atoms with Crippen LogP contribution in [0.15, 0.2) is 60.7 Å². The van der Waals surface area contributed by atoms with E-state index in [1.54, 1.807) is 46.8 Å². The maximum Gasteiger partial charge on any atom is 0.332 e. The fourth-order valence-corrected chi connectivity index (χ4v) is 11.1. The smallest absolute Gasteiger partial charge is 0.332 e. The predicted octanol–water partition coefficient (Wildman–Crippen LogP) is 4.76. The van der Waals surface area contributed by atoms with E-state index in [9.17, 15) is 38.7 Å². The first-order valence-corrected chi connectivity index (χ1v) is 28.8. The van der Waals surface area contributed by atoms with Gasteiger partial charge in [0.15, 0.2) is 12.1 Å². The van der Waals surface area contributed by atoms with Crippen molar-refractivity contribution in [3.8, 4) is 0 Å². The number of hydrogen-bond acceptors (Lipinski definition) is 11. The molecule has 19 heteroatoms. The Morgan fingerprint density at radius 2 is 1.07 bits per heavy atom. The van der Waals surface area contributed by atoms with E-state index in [-0.39, 0.29) is 38.1 Å². The van der Waals surface area contributed by atoms with Crippen molar-refractivity contribution in [2.45, 2.75) is 194 Å². The first-order chi connectivity index (χ1) is 37.5. The largest absolute Gasteiger partial charge is 0.450 e. The monoisotopic (exact) mass is 1110 g/mol. The molecule has 0 aromatic heterocycles. The molecule has 4 rings (SSSR count). The summed E-state index contributed by atoms with van der Waals surface area (Å²) in [6.07, 6.45) is 0.543. The maximum absolute atomic E-state index is 15.3. The van der Waals surface area contributed by atoms with Gasteiger partial charge in [-0.1, -0.05) is 143 Å². The number of carbonyl (C=O) groups is 9. The Morgan fingerprint density at radius 3 is 1.59 bits per heavy atom. The average Bonchev–Trinajstić information content (AvgIpc) is 3.92. The van der Waals surface area contributed by atoms with Crippen molar-refractivity contribution in [2.75, 3.05) is 34.7 Å². The van der Waals surface area contributed by atoms with Crippen LogP contribution in [0.5, 0.6) is 0 Å². The van der Waals surface area contributed by atoms with Gasteiger partial charge in [0.1, 0.15) is 42.3 Å². The van der Waals surface area contributed by atoms with Crippen LogP contribution >= 0.6 is 0 Å². The zero-order valence-corrected chi connectivity index (χ0v) is 50.5. The molecule has 2 heterocycles. The van der Waals surface area contributed by atoms with Gasteiger partial charge in [0, 0.05) is 53.5 Å². The number of hydrogen-bond donors (Lipinski definition) is 4. The van der Waals surface area contributed by atoms with Crippen molar-refractivity contribution >= 4 is 53.2 Å². The lowest BCUT2D eigenvalue weighted by Crippen LogP contribution is -2.63. The molecule has 19 nitrogen and oxygen atoms in total. The number of fused-ring (bicyclic) bond motifs is 1. The highest BCUT2D eigenvalue weighted by Crippen LogP contribution is 2.28. The first kappa shape index (κ1) is 66.1. The van der Waals surface area contributed by atoms with Crippen LogP contribution < -0.4 is 16.0 Å². The molecule has 2 aromatic rings. The van der Waals surface area contributed by atoms with Gasteiger partial charge in [0.25, 0.3) is 5.91 Å². The Balaban J connectivity index is 1.99. The number of nitrogens with one attached hydrogen (secondary N) is 3. The van der Waals surface area contributed by atoms with Gasteiger partial charge in [0.05, 0.1) is 5.60 Å². The second-order valence-corrected chi connectivity index (χ2v) is 23.8. The Labute approximate surface area is 475 Å². The van der Waals surface area contributed by atoms with E-state index in [2.05, 4.69) is 16.0 Å². The molecule has 0 unspecified atom stereocenters. The van der Waals surface area contributed by atoms with Gasteiger partial charge in [-0.2, -0.15) is 0 Å². The molecule has 8 amide bonds. The summed E-state index contributed by atoms with van der Waals surface area (Å²) >= 11 is 0. The van der Waals surface area contributed by atoms with Crippen molar-refractivity contribution in [3.05, 3.63) is 71.8 Å². The zero-order chi connectivity index (χ0) is 60.1. The Hall–Kier alpha value is -6.37. The highest BCUT2D eigenvalue weighted by atomic mass is 16.6. The van der Waals surface area contributed by atoms with Gasteiger partial charge in [-0.3, -0.25) is 38.4 Å². The van der Waals surface area contributed by atoms with Crippen LogP contribution in [0.25, 0.3) is 0 Å². The predicted molar refractivity (Wildman–Crippen MR) is 306 cm³/mol. The summed E-state index contributed by atoms with van der Waals surface area (Å²) in [6, 6.07) is 8.14. The van der Waals surface area contributed by atoms with Crippen LogP contribution in [-0.4, -0.2) is 178 Å². The molecule has 0 aliphatic carbocycles. The first-order valence-electron chi connectivity index (χ1n) is 28.8. The van der Waals surface area contributed by atoms with Crippen LogP contribution in [0.1, 0.15) is 133 Å². The summed E-state index contributed by atoms with van der Waals surface area (Å²) in [4.78, 5) is 141. The molecule has 12 atom stereocenters. The van der Waals surface area contributed by atoms with E-state index >= 15 is 9.59 Å². The summed E-state index contributed by atoms with van der Waals surface area (Å²) in [5, 5.41) is 20.6. The summed E-state index contributed by atoms with van der Waals surface area (Å²) in [5.74, 6) is -8.56. The molecule has 0 bridgehead atoms. The molecule has 2 aromatic carbocycles. The fraction of sp³-hybridized carbons (Fsp3) is 0.656. The van der Waals surface area contributed by atoms with Crippen molar-refractivity contribution in [3.63, 3.8) is 0 Å². The van der Waals surface area contributed by atoms with Crippen LogP contribution in [0.4, 0.5) is 0 Å². The standard InChI is InChI=1S/C61H94N8O11/c1-17-38(8)47-58(76)67(15)49(39(9)18-2)54(72)62-43(33-36(4)5)56(74)68(16)51(61(11,12)79)60(78)80-50(40(10)19-3)59(77)66(14)48(37(6)7)53(71)63-44(34-41-27-22-20-23-28-41)55(73)65(13)46(35-42-29-24-21-25-30-42)57(75)69-32-26-31-45(69)52(70)64-47/h20-25,27-30,36-40,43-51,79H,17-19,26,31-35H2,1-16H3,(H,62,72)(H,63,71)(H,64,70)/t38-,39+,40+,43+,44+,45+,46+,47+,48-,49-,50-,51-/m0/s1. The minimum atomic E-state index is -1.97. The topological polar surface area (TPSA) is 235 Å². The summed E-state index contributed by atoms with van der Waals surface area (Å²) in [5.41, 5.74) is -0.551. The fourth-order valence-electron chi connectivity index (χ4n) is 11.1. The van der Waals surface area contributed by atoms with Gasteiger partial charge >= 0.3 is 5.97 Å². The second kappa shape index (κ2) is 29.4. The molecule has 2 aliphatic heterocycles. The lowest BCUT2D eigenvalue weighted by Gasteiger charge is -2.40. The minimum absolute atomic E-state index is 0.00654. The average molecular weight is 1120 g/mol. The SMILES string of the molecule is CC[C@@H](C)[C@@H]1OC(=O)[C@@H](C(C)(C)O)N(C)C(=O)[C@@H](CC(C)C)NC(=O)[C@H]([C@H](C)CC)N(C)C(=O)[C@@H]([C@@H](C)CC)NC(=O)[C@H]2CCCN2C(=O)[C@@H](Cc2ccccc2)N(C)C(=O)[C@@H](Cc2ccccc2)NC(=O)[C@H](C(C)C)N(C)C1=O. The number of amides is 8. The lowest BCUT2D eigenvalue weighted by atomic mass is 9.92. The molecule has 2 fully saturated rings. The highest BCUT2D eigenvalue weighted by molar-refractivity contribution is 5.99. The third kappa shape index (κ3) is 16.4. The maximum atomic E-state index is 15.3. The van der Waals surface area contributed by atoms with E-state index < -0.39 is 137 Å². The highest BCUT2D eigenvalue weighted by Gasteiger charge is 2.48. The van der Waals surface area contributed by atoms with E-state index in [0.717, 1.165) is 10.5 Å². The molecular formula is C61H94N8O11. The third-order valence-corrected chi connectivity index (χ3v) is 16.4. The van der Waals surface area contributed by atoms with Crippen LogP contribution in [0.2, 0.25) is 0 Å². The Bertz CT molecular complexity index is 2450. The van der Waals surface area contributed by atoms with Crippen molar-refractivity contribution in [1.82, 2.24) is 40.4 Å². The van der Waals surface area contributed by atoms with Crippen molar-refractivity contribution < 1.29 is 53.0 Å². The van der Waals surface area contributed by atoms with Gasteiger partial charge < -0.3 is 50.3 Å². The van der Waals surface area contributed by atoms with Gasteiger partial charge in [-0.25, -0.2) is 4.79 Å². The minimum Gasteiger partial charge on any atom is -0.450 e. The molecule has 0 spiro atoms. The van der Waals surface area contributed by atoms with Crippen molar-refractivity contribution in [2.24, 2.45) is 29.6 Å². The van der Waals surface area contributed by atoms with Gasteiger partial charge in [-0.15, -0.1) is 0 Å². The van der Waals surface area contributed by atoms with E-state index in [4.69, 9.17) is 4.74 Å². The van der Waals surface area contributed by atoms with E-state index in [1.165, 1.54) is 61.6 Å². The number of carbonyl (C=O) groups excluding carboxylic acids is 9. The number of rotatable bonds is 14. The Morgan fingerprint density at radius 1 is 0.575 bits per heavy atom. The van der Waals surface area contributed by atoms with Crippen LogP contribution in [0, 0.1) is 29.6 Å². The van der Waals surface area contributed by atoms with Crippen LogP contribution in [-0.2, 0) is 60.7 Å². The number of likely N-dealkylation sites (N-methyl/N-ethyl adjacent to an activating group) is 4. The molecule has 0 radical (unpaired) electrons. The Kier molecular flexibility index (Phi) is 24.3. The number of cyclic esters (lactones) is 1. The van der Waals surface area contributed by atoms with Crippen LogP contribution in [0.3, 0.4) is 0 Å². The normalized spacial score (nSPS) is 26.7. The molecule has 444 valence electrons. The summed E-state index contributed by atoms with van der Waals surface area (Å²) in [6.45, 7) is 20.9. The van der Waals surface area contributed by atoms with Gasteiger partial charge in [-0.05, 0) is 74.3 Å². The molecule has 4 N–H and O–H groups in total. The van der Waals surface area contributed by atoms with Crippen molar-refractivity contribution in [1.29, 1.82) is 0 Å². The summed E-state index contributed by atoms with van der Waals surface area (Å²) in [7, 11) is 5.70. The zero-order valence-electron chi connectivity index (χ0n) is 50.5. The second-order valence-electron chi connectivity index (χ2n) is 23.8. The van der Waals surface area contributed by atoms with Gasteiger partial charge in [0.2, 0.25) is 41.4 Å². The van der Waals surface area contributed by atoms with E-state index in [0.29, 0.717) is 31.2 Å². The number of aliphatic hydroxyl groups is 1. The summed E-state index contributed by atoms with van der Waals surface area (Å²) < 4.78 is 6.11. The number of ether oxygens (including phenoxy) is 1. The third-order valence-electron chi connectivity index (χ3n) is 16.4. The molecule has 80 heavy (non-hydrogen) atoms. The molecule has 2 aliphatic rings.